The number of carbonyl (C=O) groups is 2. The highest BCUT2D eigenvalue weighted by Crippen LogP contribution is 2.37. The number of thiocarbonyl (C=S) groups is 1. The van der Waals surface area contributed by atoms with Crippen LogP contribution in [0.5, 0.6) is 17.2 Å². The fourth-order valence-electron chi connectivity index (χ4n) is 2.56. The molecule has 7 nitrogen and oxygen atoms in total. The van der Waals surface area contributed by atoms with Crippen molar-refractivity contribution in [1.29, 1.82) is 0 Å². The average molecular weight is 431 g/mol. The van der Waals surface area contributed by atoms with E-state index in [1.54, 1.807) is 36.4 Å². The summed E-state index contributed by atoms with van der Waals surface area (Å²) in [5.74, 6) is -0.628. The van der Waals surface area contributed by atoms with Crippen molar-refractivity contribution < 1.29 is 29.3 Å². The first-order valence-electron chi connectivity index (χ1n) is 8.44. The minimum Gasteiger partial charge on any atom is -0.508 e. The molecular weight excluding hydrogens is 414 g/mol. The van der Waals surface area contributed by atoms with Crippen LogP contribution >= 0.6 is 24.0 Å². The van der Waals surface area contributed by atoms with Gasteiger partial charge in [-0.05, 0) is 55.0 Å². The minimum atomic E-state index is -1.09. The van der Waals surface area contributed by atoms with Gasteiger partial charge in [-0.1, -0.05) is 30.0 Å². The Hall–Kier alpha value is -3.04. The van der Waals surface area contributed by atoms with Crippen molar-refractivity contribution in [1.82, 2.24) is 0 Å². The summed E-state index contributed by atoms with van der Waals surface area (Å²) in [7, 11) is 1.45. The SMILES string of the molecule is COc1cc(/C=C2/SC(=S)N(c3ccc(O)cc3)C2=O)ccc1OC(C)C(=O)O. The van der Waals surface area contributed by atoms with E-state index in [1.165, 1.54) is 31.1 Å². The van der Waals surface area contributed by atoms with Crippen LogP contribution in [0.1, 0.15) is 12.5 Å². The zero-order chi connectivity index (χ0) is 21.1. The van der Waals surface area contributed by atoms with E-state index in [-0.39, 0.29) is 17.4 Å². The summed E-state index contributed by atoms with van der Waals surface area (Å²) in [6.07, 6.45) is 0.642. The number of ether oxygens (including phenoxy) is 2. The highest BCUT2D eigenvalue weighted by molar-refractivity contribution is 8.27. The van der Waals surface area contributed by atoms with Gasteiger partial charge in [-0.3, -0.25) is 9.69 Å². The number of hydrogen-bond acceptors (Lipinski definition) is 7. The second-order valence-electron chi connectivity index (χ2n) is 6.04. The van der Waals surface area contributed by atoms with Crippen LogP contribution in [0.4, 0.5) is 5.69 Å². The molecule has 1 fully saturated rings. The quantitative estimate of drug-likeness (QED) is 0.528. The summed E-state index contributed by atoms with van der Waals surface area (Å²) >= 11 is 6.50. The topological polar surface area (TPSA) is 96.3 Å². The number of aromatic hydroxyl groups is 1. The van der Waals surface area contributed by atoms with Crippen LogP contribution in [-0.4, -0.2) is 39.6 Å². The number of phenols is 1. The van der Waals surface area contributed by atoms with E-state index in [0.717, 1.165) is 11.8 Å². The van der Waals surface area contributed by atoms with Crippen LogP contribution in [0.3, 0.4) is 0 Å². The molecule has 1 atom stereocenters. The van der Waals surface area contributed by atoms with Crippen LogP contribution in [0.25, 0.3) is 6.08 Å². The Morgan fingerprint density at radius 3 is 2.52 bits per heavy atom. The molecule has 1 aliphatic rings. The highest BCUT2D eigenvalue weighted by Gasteiger charge is 2.33. The number of carboxylic acids is 1. The number of rotatable bonds is 6. The zero-order valence-electron chi connectivity index (χ0n) is 15.5. The maximum absolute atomic E-state index is 12.8. The van der Waals surface area contributed by atoms with Crippen LogP contribution in [0, 0.1) is 0 Å². The number of carboxylic acid groups (broad SMARTS) is 1. The van der Waals surface area contributed by atoms with Gasteiger partial charge in [-0.2, -0.15) is 0 Å². The van der Waals surface area contributed by atoms with Crippen LogP contribution in [-0.2, 0) is 9.59 Å². The van der Waals surface area contributed by atoms with E-state index in [1.807, 2.05) is 0 Å². The average Bonchev–Trinajstić information content (AvgIpc) is 2.96. The highest BCUT2D eigenvalue weighted by atomic mass is 32.2. The third-order valence-electron chi connectivity index (χ3n) is 4.04. The third-order valence-corrected chi connectivity index (χ3v) is 5.34. The second kappa shape index (κ2) is 8.54. The third kappa shape index (κ3) is 4.52. The predicted octanol–water partition coefficient (Wildman–Crippen LogP) is 3.66. The number of aliphatic carboxylic acids is 1. The molecule has 2 N–H and O–H groups in total. The molecular formula is C20H17NO6S2. The Labute approximate surface area is 176 Å². The fourth-order valence-corrected chi connectivity index (χ4v) is 3.85. The molecule has 2 aromatic carbocycles. The lowest BCUT2D eigenvalue weighted by Gasteiger charge is -2.14. The first-order chi connectivity index (χ1) is 13.8. The van der Waals surface area contributed by atoms with Crippen molar-refractivity contribution >= 4 is 51.9 Å². The van der Waals surface area contributed by atoms with Gasteiger partial charge in [-0.25, -0.2) is 4.79 Å². The van der Waals surface area contributed by atoms with Crippen molar-refractivity contribution in [3.8, 4) is 17.2 Å². The Bertz CT molecular complexity index is 1000. The molecule has 0 aromatic heterocycles. The number of amides is 1. The first-order valence-corrected chi connectivity index (χ1v) is 9.67. The number of phenolic OH excluding ortho intramolecular Hbond substituents is 1. The fraction of sp³-hybridized carbons (Fsp3) is 0.150. The van der Waals surface area contributed by atoms with Gasteiger partial charge < -0.3 is 19.7 Å². The van der Waals surface area contributed by atoms with Gasteiger partial charge in [0.05, 0.1) is 17.7 Å². The van der Waals surface area contributed by atoms with Gasteiger partial charge in [0.25, 0.3) is 5.91 Å². The molecule has 150 valence electrons. The summed E-state index contributed by atoms with van der Waals surface area (Å²) in [5, 5.41) is 18.4. The molecule has 1 saturated heterocycles. The maximum Gasteiger partial charge on any atom is 0.344 e. The molecule has 0 aliphatic carbocycles. The smallest absolute Gasteiger partial charge is 0.344 e. The number of thioether (sulfide) groups is 1. The molecule has 29 heavy (non-hydrogen) atoms. The van der Waals surface area contributed by atoms with E-state index in [0.29, 0.717) is 26.2 Å². The van der Waals surface area contributed by atoms with E-state index in [2.05, 4.69) is 0 Å². The van der Waals surface area contributed by atoms with E-state index in [4.69, 9.17) is 26.8 Å². The summed E-state index contributed by atoms with van der Waals surface area (Å²) in [4.78, 5) is 25.6. The van der Waals surface area contributed by atoms with Crippen molar-refractivity contribution in [2.75, 3.05) is 12.0 Å². The molecule has 1 amide bonds. The van der Waals surface area contributed by atoms with Gasteiger partial charge in [0.15, 0.2) is 21.9 Å². The molecule has 1 unspecified atom stereocenters. The Morgan fingerprint density at radius 1 is 1.21 bits per heavy atom. The molecule has 2 aromatic rings. The number of benzene rings is 2. The molecule has 1 heterocycles. The molecule has 0 spiro atoms. The lowest BCUT2D eigenvalue weighted by atomic mass is 10.1. The van der Waals surface area contributed by atoms with Crippen molar-refractivity contribution in [3.05, 3.63) is 52.9 Å². The molecule has 3 rings (SSSR count). The van der Waals surface area contributed by atoms with Crippen molar-refractivity contribution in [3.63, 3.8) is 0 Å². The van der Waals surface area contributed by atoms with Gasteiger partial charge in [-0.15, -0.1) is 0 Å². The number of carbonyl (C=O) groups excluding carboxylic acids is 1. The standard InChI is InChI=1S/C20H17NO6S2/c1-11(19(24)25)27-15-8-3-12(9-16(15)26-2)10-17-18(23)21(20(28)29-17)13-4-6-14(22)7-5-13/h3-11,22H,1-2H3,(H,24,25)/b17-10+. The first kappa shape index (κ1) is 20.7. The van der Waals surface area contributed by atoms with Crippen LogP contribution in [0.15, 0.2) is 47.4 Å². The van der Waals surface area contributed by atoms with Crippen LogP contribution < -0.4 is 14.4 Å². The number of anilines is 1. The van der Waals surface area contributed by atoms with Crippen molar-refractivity contribution in [2.45, 2.75) is 13.0 Å². The van der Waals surface area contributed by atoms with Gasteiger partial charge in [0.2, 0.25) is 0 Å². The van der Waals surface area contributed by atoms with Crippen LogP contribution in [0.2, 0.25) is 0 Å². The second-order valence-corrected chi connectivity index (χ2v) is 7.72. The minimum absolute atomic E-state index is 0.0985. The Balaban J connectivity index is 1.86. The molecule has 9 heteroatoms. The largest absolute Gasteiger partial charge is 0.508 e. The van der Waals surface area contributed by atoms with E-state index < -0.39 is 12.1 Å². The summed E-state index contributed by atoms with van der Waals surface area (Å²) < 4.78 is 11.0. The number of hydrogen-bond donors (Lipinski definition) is 2. The molecule has 0 saturated carbocycles. The molecule has 1 aliphatic heterocycles. The summed E-state index contributed by atoms with van der Waals surface area (Å²) in [6.45, 7) is 1.42. The monoisotopic (exact) mass is 431 g/mol. The van der Waals surface area contributed by atoms with E-state index >= 15 is 0 Å². The van der Waals surface area contributed by atoms with Gasteiger partial charge in [0, 0.05) is 0 Å². The van der Waals surface area contributed by atoms with E-state index in [9.17, 15) is 14.7 Å². The zero-order valence-corrected chi connectivity index (χ0v) is 17.1. The number of nitrogens with zero attached hydrogens (tertiary/aromatic N) is 1. The normalized spacial score (nSPS) is 16.2. The summed E-state index contributed by atoms with van der Waals surface area (Å²) in [6, 6.07) is 11.1. The predicted molar refractivity (Wildman–Crippen MR) is 114 cm³/mol. The van der Waals surface area contributed by atoms with Crippen molar-refractivity contribution in [2.24, 2.45) is 0 Å². The van der Waals surface area contributed by atoms with Gasteiger partial charge >= 0.3 is 5.97 Å². The maximum atomic E-state index is 12.8. The number of methoxy groups -OCH3 is 1. The Kier molecular flexibility index (Phi) is 6.09. The Morgan fingerprint density at radius 2 is 1.90 bits per heavy atom. The lowest BCUT2D eigenvalue weighted by molar-refractivity contribution is -0.144. The summed E-state index contributed by atoms with van der Waals surface area (Å²) in [5.41, 5.74) is 1.24. The molecule has 0 radical (unpaired) electrons. The lowest BCUT2D eigenvalue weighted by Crippen LogP contribution is -2.27. The van der Waals surface area contributed by atoms with Gasteiger partial charge in [0.1, 0.15) is 5.75 Å². The molecule has 0 bridgehead atoms.